The van der Waals surface area contributed by atoms with Crippen LogP contribution < -0.4 is 10.5 Å². The number of fused-ring (bicyclic) bond motifs is 1. The first-order valence-electron chi connectivity index (χ1n) is 14.4. The van der Waals surface area contributed by atoms with E-state index >= 15 is 0 Å². The van der Waals surface area contributed by atoms with E-state index in [-0.39, 0.29) is 29.7 Å². The summed E-state index contributed by atoms with van der Waals surface area (Å²) in [4.78, 5) is 22.3. The molecule has 0 aliphatic carbocycles. The summed E-state index contributed by atoms with van der Waals surface area (Å²) in [5.74, 6) is 2.04. The van der Waals surface area contributed by atoms with E-state index in [4.69, 9.17) is 19.9 Å². The zero-order valence-corrected chi connectivity index (χ0v) is 24.1. The number of amides is 1. The van der Waals surface area contributed by atoms with Crippen molar-refractivity contribution in [2.24, 2.45) is 11.3 Å². The predicted octanol–water partition coefficient (Wildman–Crippen LogP) is 6.19. The lowest BCUT2D eigenvalue weighted by molar-refractivity contribution is -0.229. The van der Waals surface area contributed by atoms with Crippen LogP contribution in [0.15, 0.2) is 67.1 Å². The average Bonchev–Trinajstić information content (AvgIpc) is 3.38. The number of ether oxygens (including phenoxy) is 3. The van der Waals surface area contributed by atoms with Crippen LogP contribution in [0.3, 0.4) is 0 Å². The number of carboxylic acid groups (broad SMARTS) is 1. The number of piperidine rings is 1. The fourth-order valence-electron chi connectivity index (χ4n) is 6.16. The molecule has 0 spiro atoms. The maximum atomic E-state index is 11.9. The summed E-state index contributed by atoms with van der Waals surface area (Å²) < 4.78 is 20.6. The molecule has 42 heavy (non-hydrogen) atoms. The number of benzene rings is 2. The third kappa shape index (κ3) is 5.52. The lowest BCUT2D eigenvalue weighted by Gasteiger charge is -2.46. The Balaban J connectivity index is 1.20. The molecule has 6 rings (SSSR count). The molecule has 220 valence electrons. The monoisotopic (exact) mass is 571 g/mol. The molecule has 2 aliphatic rings. The molecule has 0 bridgehead atoms. The van der Waals surface area contributed by atoms with Gasteiger partial charge in [-0.25, -0.2) is 14.8 Å². The molecule has 2 aliphatic heterocycles. The van der Waals surface area contributed by atoms with Gasteiger partial charge in [0.15, 0.2) is 6.29 Å². The number of likely N-dealkylation sites (tertiary alicyclic amines) is 1. The fraction of sp³-hybridized carbons (Fsp3) is 0.406. The lowest BCUT2D eigenvalue weighted by atomic mass is 9.77. The minimum atomic E-state index is -0.867. The zero-order valence-electron chi connectivity index (χ0n) is 24.1. The molecular weight excluding hydrogens is 534 g/mol. The van der Waals surface area contributed by atoms with E-state index in [1.54, 1.807) is 4.90 Å². The van der Waals surface area contributed by atoms with E-state index < -0.39 is 6.09 Å². The van der Waals surface area contributed by atoms with Gasteiger partial charge in [0.25, 0.3) is 0 Å². The second-order valence-corrected chi connectivity index (χ2v) is 12.2. The number of hydrogen-bond acceptors (Lipinski definition) is 7. The Morgan fingerprint density at radius 1 is 1.02 bits per heavy atom. The van der Waals surface area contributed by atoms with E-state index in [1.165, 1.54) is 6.33 Å². The number of nitrogens with zero attached hydrogens (tertiary/aromatic N) is 4. The summed E-state index contributed by atoms with van der Waals surface area (Å²) in [6.07, 6.45) is 3.69. The number of anilines is 1. The van der Waals surface area contributed by atoms with E-state index in [1.807, 2.05) is 60.8 Å². The summed E-state index contributed by atoms with van der Waals surface area (Å²) in [6.45, 7) is 7.62. The Morgan fingerprint density at radius 2 is 1.71 bits per heavy atom. The minimum absolute atomic E-state index is 0.0984. The van der Waals surface area contributed by atoms with Gasteiger partial charge in [0, 0.05) is 30.3 Å². The van der Waals surface area contributed by atoms with Gasteiger partial charge >= 0.3 is 6.09 Å². The van der Waals surface area contributed by atoms with E-state index in [0.717, 1.165) is 33.7 Å². The van der Waals surface area contributed by atoms with Gasteiger partial charge in [-0.1, -0.05) is 51.1 Å². The normalized spacial score (nSPS) is 23.2. The van der Waals surface area contributed by atoms with Gasteiger partial charge in [-0.05, 0) is 48.1 Å². The number of hydrogen-bond donors (Lipinski definition) is 2. The van der Waals surface area contributed by atoms with Crippen LogP contribution in [-0.2, 0) is 9.47 Å². The first-order chi connectivity index (χ1) is 20.2. The molecule has 0 saturated carbocycles. The summed E-state index contributed by atoms with van der Waals surface area (Å²) in [5.41, 5.74) is 8.80. The Hall–Kier alpha value is -4.15. The van der Waals surface area contributed by atoms with Gasteiger partial charge < -0.3 is 34.5 Å². The second-order valence-electron chi connectivity index (χ2n) is 12.2. The highest BCUT2D eigenvalue weighted by molar-refractivity contribution is 6.00. The number of nitrogens with two attached hydrogens (primary N) is 1. The third-order valence-corrected chi connectivity index (χ3v) is 8.36. The largest absolute Gasteiger partial charge is 0.465 e. The van der Waals surface area contributed by atoms with Crippen LogP contribution in [0.2, 0.25) is 0 Å². The first kappa shape index (κ1) is 28.0. The molecule has 4 heterocycles. The quantitative estimate of drug-likeness (QED) is 0.290. The summed E-state index contributed by atoms with van der Waals surface area (Å²) in [6, 6.07) is 17.3. The molecule has 4 aromatic rings. The van der Waals surface area contributed by atoms with Crippen molar-refractivity contribution >= 4 is 22.9 Å². The van der Waals surface area contributed by atoms with Crippen molar-refractivity contribution in [3.63, 3.8) is 0 Å². The number of nitrogen functional groups attached to an aromatic ring is 1. The molecule has 2 aromatic carbocycles. The topological polar surface area (TPSA) is 125 Å². The van der Waals surface area contributed by atoms with Crippen molar-refractivity contribution in [1.29, 1.82) is 0 Å². The molecule has 2 fully saturated rings. The first-order valence-corrected chi connectivity index (χ1v) is 14.4. The summed E-state index contributed by atoms with van der Waals surface area (Å²) in [7, 11) is 0. The van der Waals surface area contributed by atoms with E-state index in [9.17, 15) is 9.90 Å². The van der Waals surface area contributed by atoms with Crippen LogP contribution >= 0.6 is 0 Å². The van der Waals surface area contributed by atoms with Crippen LogP contribution in [-0.4, -0.2) is 62.7 Å². The van der Waals surface area contributed by atoms with Crippen LogP contribution in [0.25, 0.3) is 22.2 Å². The van der Waals surface area contributed by atoms with Gasteiger partial charge in [0.1, 0.15) is 29.3 Å². The van der Waals surface area contributed by atoms with Gasteiger partial charge in [-0.15, -0.1) is 0 Å². The van der Waals surface area contributed by atoms with Crippen LogP contribution in [0.4, 0.5) is 10.6 Å². The third-order valence-electron chi connectivity index (χ3n) is 8.36. The molecule has 3 N–H and O–H groups in total. The highest BCUT2D eigenvalue weighted by atomic mass is 16.7. The smallest absolute Gasteiger partial charge is 0.407 e. The van der Waals surface area contributed by atoms with Crippen molar-refractivity contribution in [2.75, 3.05) is 25.5 Å². The molecule has 2 aromatic heterocycles. The molecule has 2 atom stereocenters. The predicted molar refractivity (Wildman–Crippen MR) is 159 cm³/mol. The van der Waals surface area contributed by atoms with Gasteiger partial charge in [-0.3, -0.25) is 0 Å². The number of para-hydroxylation sites is 1. The molecule has 2 saturated heterocycles. The van der Waals surface area contributed by atoms with Crippen molar-refractivity contribution in [3.8, 4) is 22.6 Å². The van der Waals surface area contributed by atoms with Gasteiger partial charge in [0.05, 0.1) is 24.6 Å². The van der Waals surface area contributed by atoms with Crippen LogP contribution in [0.5, 0.6) is 11.5 Å². The Morgan fingerprint density at radius 3 is 2.38 bits per heavy atom. The Labute approximate surface area is 245 Å². The van der Waals surface area contributed by atoms with Crippen molar-refractivity contribution in [1.82, 2.24) is 19.4 Å². The minimum Gasteiger partial charge on any atom is -0.465 e. The van der Waals surface area contributed by atoms with E-state index in [2.05, 4.69) is 35.3 Å². The zero-order chi connectivity index (χ0) is 29.4. The van der Waals surface area contributed by atoms with Crippen molar-refractivity contribution in [3.05, 3.63) is 67.1 Å². The van der Waals surface area contributed by atoms with Crippen LogP contribution in [0, 0.1) is 11.3 Å². The Bertz CT molecular complexity index is 1540. The summed E-state index contributed by atoms with van der Waals surface area (Å²) in [5, 5.41) is 10.5. The second kappa shape index (κ2) is 11.3. The maximum absolute atomic E-state index is 11.9. The number of rotatable bonds is 5. The number of aromatic nitrogens is 3. The average molecular weight is 572 g/mol. The number of carbonyl (C=O) groups is 1. The van der Waals surface area contributed by atoms with Gasteiger partial charge in [0.2, 0.25) is 0 Å². The van der Waals surface area contributed by atoms with E-state index in [0.29, 0.717) is 38.4 Å². The lowest BCUT2D eigenvalue weighted by Crippen LogP contribution is -2.54. The standard InChI is InChI=1S/C32H37N5O5/c1-32(2,3)26-15-21(13-14-36(26)31(38)39)30-40-17-22(18-41-30)37-16-25(27-28(33)34-19-35-29(27)37)20-9-11-24(12-10-20)42-23-7-5-4-6-8-23/h4-12,16,19,21-22,26,30H,13-15,17-18H2,1-3H3,(H,38,39)(H2,33,34,35). The van der Waals surface area contributed by atoms with Crippen molar-refractivity contribution < 1.29 is 24.1 Å². The molecule has 10 heteroatoms. The van der Waals surface area contributed by atoms with Crippen molar-refractivity contribution in [2.45, 2.75) is 52.0 Å². The van der Waals surface area contributed by atoms with Gasteiger partial charge in [-0.2, -0.15) is 0 Å². The fourth-order valence-corrected chi connectivity index (χ4v) is 6.16. The molecule has 10 nitrogen and oxygen atoms in total. The molecular formula is C32H37N5O5. The molecule has 2 unspecified atom stereocenters. The summed E-state index contributed by atoms with van der Waals surface area (Å²) >= 11 is 0. The van der Waals surface area contributed by atoms with Crippen LogP contribution in [0.1, 0.15) is 39.7 Å². The molecule has 1 amide bonds. The Kier molecular flexibility index (Phi) is 7.51. The molecule has 0 radical (unpaired) electrons. The SMILES string of the molecule is CC(C)(C)C1CC(C2OCC(n3cc(-c4ccc(Oc5ccccc5)cc4)c4c(N)ncnc43)CO2)CCN1C(=O)O. The maximum Gasteiger partial charge on any atom is 0.407 e. The highest BCUT2D eigenvalue weighted by Crippen LogP contribution is 2.40. The highest BCUT2D eigenvalue weighted by Gasteiger charge is 2.42.